The van der Waals surface area contributed by atoms with Crippen molar-refractivity contribution in [2.24, 2.45) is 0 Å². The molecule has 64 valence electrons. The molecule has 1 rings (SSSR count). The average molecular weight is 282 g/mol. The molecule has 1 aromatic heterocycles. The third-order valence-corrected chi connectivity index (χ3v) is 2.96. The lowest BCUT2D eigenvalue weighted by Crippen LogP contribution is -2.44. The second-order valence-electron chi connectivity index (χ2n) is 1.89. The summed E-state index contributed by atoms with van der Waals surface area (Å²) in [6, 6.07) is 4.20. The van der Waals surface area contributed by atoms with Gasteiger partial charge in [0.05, 0.1) is 0 Å². The summed E-state index contributed by atoms with van der Waals surface area (Å²) in [4.78, 5) is 10.4. The van der Waals surface area contributed by atoms with Gasteiger partial charge in [0, 0.05) is 12.1 Å². The van der Waals surface area contributed by atoms with E-state index in [9.17, 15) is 10.9 Å². The van der Waals surface area contributed by atoms with Gasteiger partial charge in [0.1, 0.15) is 0 Å². The van der Waals surface area contributed by atoms with E-state index < -0.39 is 25.9 Å². The van der Waals surface area contributed by atoms with Crippen LogP contribution in [0.5, 0.6) is 0 Å². The Bertz CT molecular complexity index is 377. The van der Waals surface area contributed by atoms with E-state index in [1.807, 2.05) is 0 Å². The molecule has 0 unspecified atom stereocenters. The van der Waals surface area contributed by atoms with E-state index in [1.54, 1.807) is 0 Å². The fourth-order valence-corrected chi connectivity index (χ4v) is 2.00. The zero-order valence-electron chi connectivity index (χ0n) is 5.81. The molecule has 5 nitrogen and oxygen atoms in total. The maximum atomic E-state index is 10.6. The minimum Gasteiger partial charge on any atom is -0.427 e. The molecule has 0 aliphatic rings. The van der Waals surface area contributed by atoms with Gasteiger partial charge >= 0.3 is 29.6 Å². The van der Waals surface area contributed by atoms with Gasteiger partial charge in [-0.25, -0.2) is 6.14 Å². The number of hydrogen-bond acceptors (Lipinski definition) is 3. The lowest BCUT2D eigenvalue weighted by molar-refractivity contribution is -0.597. The van der Waals surface area contributed by atoms with E-state index in [-0.39, 0.29) is 3.70 Å². The molecule has 0 radical (unpaired) electrons. The Morgan fingerprint density at radius 3 is 2.50 bits per heavy atom. The van der Waals surface area contributed by atoms with Crippen LogP contribution in [-0.2, 0) is 6.14 Å². The largest absolute Gasteiger partial charge is 0.600 e. The highest BCUT2D eigenvalue weighted by molar-refractivity contribution is 14.2. The third-order valence-electron chi connectivity index (χ3n) is 1.17. The van der Waals surface area contributed by atoms with Crippen LogP contribution >= 0.6 is 19.8 Å². The van der Waals surface area contributed by atoms with Crippen molar-refractivity contribution < 1.29 is 20.6 Å². The fourth-order valence-electron chi connectivity index (χ4n) is 0.703. The standard InChI is InChI=1S/C6H4INO4/c9-6(10)8-4-2-1-3-5(8)7(11)12/h1-4H/p+1. The van der Waals surface area contributed by atoms with Crippen LogP contribution in [0.25, 0.3) is 0 Å². The van der Waals surface area contributed by atoms with Crippen LogP contribution in [0.1, 0.15) is 0 Å². The minimum atomic E-state index is -3.70. The van der Waals surface area contributed by atoms with Crippen molar-refractivity contribution in [3.8, 4) is 0 Å². The predicted octanol–water partition coefficient (Wildman–Crippen LogP) is 0.867. The molecule has 0 amide bonds. The summed E-state index contributed by atoms with van der Waals surface area (Å²) in [5.74, 6) is 0. The van der Waals surface area contributed by atoms with E-state index in [4.69, 9.17) is 5.11 Å². The topological polar surface area (TPSA) is 75.3 Å². The van der Waals surface area contributed by atoms with Crippen LogP contribution in [0.4, 0.5) is 4.79 Å². The van der Waals surface area contributed by atoms with E-state index in [1.165, 1.54) is 24.4 Å². The first-order valence-corrected chi connectivity index (χ1v) is 5.76. The van der Waals surface area contributed by atoms with E-state index in [0.717, 1.165) is 0 Å². The second kappa shape index (κ2) is 3.57. The van der Waals surface area contributed by atoms with Crippen molar-refractivity contribution >= 4 is 25.9 Å². The molecule has 6 heteroatoms. The Hall–Kier alpha value is -1.05. The summed E-state index contributed by atoms with van der Waals surface area (Å²) in [6.07, 6.45) is -0.0996. The molecule has 0 saturated carbocycles. The summed E-state index contributed by atoms with van der Waals surface area (Å²) in [5, 5.41) is 8.52. The van der Waals surface area contributed by atoms with Crippen LogP contribution in [0.2, 0.25) is 0 Å². The molecule has 12 heavy (non-hydrogen) atoms. The van der Waals surface area contributed by atoms with Crippen molar-refractivity contribution in [3.63, 3.8) is 0 Å². The van der Waals surface area contributed by atoms with Crippen LogP contribution in [0, 0.1) is 3.70 Å². The highest BCUT2D eigenvalue weighted by Crippen LogP contribution is 2.10. The van der Waals surface area contributed by atoms with Crippen molar-refractivity contribution in [2.75, 3.05) is 0 Å². The number of carbonyl (C=O) groups is 1. The van der Waals surface area contributed by atoms with Crippen molar-refractivity contribution in [2.45, 2.75) is 0 Å². The molecular weight excluding hydrogens is 277 g/mol. The highest BCUT2D eigenvalue weighted by Gasteiger charge is 2.21. The number of halogens is 1. The Labute approximate surface area is 74.8 Å². The molecule has 1 aromatic rings. The molecule has 0 fully saturated rings. The SMILES string of the molecule is O=C(O)[n+]1ccccc1I(=O)=O. The lowest BCUT2D eigenvalue weighted by Gasteiger charge is -1.87. The summed E-state index contributed by atoms with van der Waals surface area (Å²) >= 11 is -3.70. The van der Waals surface area contributed by atoms with Crippen LogP contribution in [0.3, 0.4) is 0 Å². The van der Waals surface area contributed by atoms with E-state index >= 15 is 0 Å². The molecule has 0 atom stereocenters. The van der Waals surface area contributed by atoms with Crippen molar-refractivity contribution in [1.29, 1.82) is 0 Å². The first-order chi connectivity index (χ1) is 5.63. The predicted molar refractivity (Wildman–Crippen MR) is 44.1 cm³/mol. The number of aromatic nitrogens is 1. The quantitative estimate of drug-likeness (QED) is 0.471. The number of rotatable bonds is 1. The second-order valence-corrected chi connectivity index (χ2v) is 4.24. The molecule has 0 bridgehead atoms. The Morgan fingerprint density at radius 2 is 2.08 bits per heavy atom. The van der Waals surface area contributed by atoms with Gasteiger partial charge in [-0.3, -0.25) is 0 Å². The van der Waals surface area contributed by atoms with Gasteiger partial charge in [0.25, 0.3) is 0 Å². The van der Waals surface area contributed by atoms with Crippen LogP contribution in [-0.4, -0.2) is 11.2 Å². The van der Waals surface area contributed by atoms with Crippen molar-refractivity contribution in [3.05, 3.63) is 28.1 Å². The molecule has 1 heterocycles. The summed E-state index contributed by atoms with van der Waals surface area (Å²) in [6.45, 7) is 0. The maximum Gasteiger partial charge on any atom is 0.600 e. The average Bonchev–Trinajstić information content (AvgIpc) is 2.04. The minimum absolute atomic E-state index is 0.144. The molecular formula is C6H5INO4+. The number of nitrogens with zero attached hydrogens (tertiary/aromatic N) is 1. The molecule has 0 aliphatic heterocycles. The smallest absolute Gasteiger partial charge is 0.427 e. The molecule has 0 aliphatic carbocycles. The van der Waals surface area contributed by atoms with E-state index in [0.29, 0.717) is 4.57 Å². The Balaban J connectivity index is 3.36. The van der Waals surface area contributed by atoms with Gasteiger partial charge in [0.15, 0.2) is 6.20 Å². The van der Waals surface area contributed by atoms with Gasteiger partial charge in [-0.15, -0.1) is 0 Å². The normalized spacial score (nSPS) is 10.1. The van der Waals surface area contributed by atoms with Gasteiger partial charge in [0.2, 0.25) is 0 Å². The summed E-state index contributed by atoms with van der Waals surface area (Å²) < 4.78 is 21.7. The number of pyridine rings is 1. The van der Waals surface area contributed by atoms with Crippen LogP contribution < -0.4 is 4.57 Å². The Morgan fingerprint density at radius 1 is 1.42 bits per heavy atom. The van der Waals surface area contributed by atoms with Gasteiger partial charge in [-0.2, -0.15) is 4.79 Å². The van der Waals surface area contributed by atoms with Crippen molar-refractivity contribution in [1.82, 2.24) is 0 Å². The molecule has 0 saturated heterocycles. The Kier molecular flexibility index (Phi) is 2.69. The third kappa shape index (κ3) is 1.76. The number of hydrogen-bond donors (Lipinski definition) is 1. The lowest BCUT2D eigenvalue weighted by atomic mass is 10.5. The maximum absolute atomic E-state index is 10.6. The number of carboxylic acid groups (broad SMARTS) is 1. The van der Waals surface area contributed by atoms with Gasteiger partial charge < -0.3 is 5.11 Å². The monoisotopic (exact) mass is 282 g/mol. The van der Waals surface area contributed by atoms with Gasteiger partial charge in [-0.05, 0) is 6.07 Å². The highest BCUT2D eigenvalue weighted by atomic mass is 127. The molecule has 1 N–H and O–H groups in total. The first-order valence-electron chi connectivity index (χ1n) is 2.92. The summed E-state index contributed by atoms with van der Waals surface area (Å²) in [7, 11) is 0. The van der Waals surface area contributed by atoms with Gasteiger partial charge in [-0.1, -0.05) is 4.57 Å². The van der Waals surface area contributed by atoms with E-state index in [2.05, 4.69) is 0 Å². The first kappa shape index (κ1) is 9.04. The molecule has 0 spiro atoms. The zero-order valence-corrected chi connectivity index (χ0v) is 7.96. The molecule has 0 aromatic carbocycles. The zero-order chi connectivity index (χ0) is 9.14. The van der Waals surface area contributed by atoms with Crippen LogP contribution in [0.15, 0.2) is 24.4 Å². The fraction of sp³-hybridized carbons (Fsp3) is 0. The summed E-state index contributed by atoms with van der Waals surface area (Å²) in [5.41, 5.74) is 0.